The van der Waals surface area contributed by atoms with Crippen LogP contribution in [0.1, 0.15) is 11.9 Å². The van der Waals surface area contributed by atoms with Crippen molar-refractivity contribution < 1.29 is 13.2 Å². The Bertz CT molecular complexity index is 867. The maximum absolute atomic E-state index is 12.8. The van der Waals surface area contributed by atoms with E-state index in [1.165, 1.54) is 25.5 Å². The third-order valence-corrected chi connectivity index (χ3v) is 6.21. The molecule has 1 saturated heterocycles. The van der Waals surface area contributed by atoms with E-state index in [2.05, 4.69) is 15.3 Å². The van der Waals surface area contributed by atoms with Crippen LogP contribution in [0.5, 0.6) is 0 Å². The number of aromatic nitrogens is 3. The zero-order chi connectivity index (χ0) is 18.7. The lowest BCUT2D eigenvalue weighted by Crippen LogP contribution is -2.52. The highest BCUT2D eigenvalue weighted by Gasteiger charge is 2.32. The molecule has 10 heteroatoms. The fourth-order valence-electron chi connectivity index (χ4n) is 2.98. The number of nitrogens with zero attached hydrogens (tertiary/aromatic N) is 5. The highest BCUT2D eigenvalue weighted by molar-refractivity contribution is 7.89. The van der Waals surface area contributed by atoms with Crippen LogP contribution in [0.15, 0.2) is 41.8 Å². The fourth-order valence-corrected chi connectivity index (χ4v) is 4.06. The first-order valence-electron chi connectivity index (χ1n) is 8.25. The maximum Gasteiger partial charge on any atom is 0.244 e. The second-order valence-electron chi connectivity index (χ2n) is 6.15. The fraction of sp³-hybridized carbons (Fsp3) is 0.438. The standard InChI is InChI=1S/C16H22N6O3S/c1-20-8-7-19-16(20)14-11-18-6-9-22(14)15(23)12-21(2)26(24,25)13-4-3-5-17-10-13/h3-5,7-8,10,14,18H,6,9,11-12H2,1-2H3. The topological polar surface area (TPSA) is 100 Å². The normalized spacial score (nSPS) is 18.3. The van der Waals surface area contributed by atoms with Crippen LogP contribution in [0.3, 0.4) is 0 Å². The number of imidazole rings is 1. The lowest BCUT2D eigenvalue weighted by Gasteiger charge is -2.36. The summed E-state index contributed by atoms with van der Waals surface area (Å²) in [7, 11) is -0.491. The van der Waals surface area contributed by atoms with Gasteiger partial charge in [-0.15, -0.1) is 0 Å². The molecule has 0 saturated carbocycles. The van der Waals surface area contributed by atoms with Gasteiger partial charge in [-0.25, -0.2) is 13.4 Å². The van der Waals surface area contributed by atoms with Crippen LogP contribution in [0.25, 0.3) is 0 Å². The third kappa shape index (κ3) is 3.62. The van der Waals surface area contributed by atoms with Crippen molar-refractivity contribution in [2.75, 3.05) is 33.2 Å². The molecule has 140 valence electrons. The van der Waals surface area contributed by atoms with Gasteiger partial charge in [-0.3, -0.25) is 9.78 Å². The number of likely N-dealkylation sites (N-methyl/N-ethyl adjacent to an activating group) is 1. The number of rotatable bonds is 5. The van der Waals surface area contributed by atoms with E-state index < -0.39 is 10.0 Å². The Morgan fingerprint density at radius 2 is 2.23 bits per heavy atom. The van der Waals surface area contributed by atoms with Crippen LogP contribution in [-0.2, 0) is 21.9 Å². The van der Waals surface area contributed by atoms with Crippen LogP contribution in [0.2, 0.25) is 0 Å². The smallest absolute Gasteiger partial charge is 0.244 e. The minimum absolute atomic E-state index is 0.0660. The SMILES string of the molecule is CN(CC(=O)N1CCNCC1c1nccn1C)S(=O)(=O)c1cccnc1. The molecule has 1 amide bonds. The van der Waals surface area contributed by atoms with Gasteiger partial charge in [0.25, 0.3) is 0 Å². The van der Waals surface area contributed by atoms with Crippen molar-refractivity contribution in [1.29, 1.82) is 0 Å². The quantitative estimate of drug-likeness (QED) is 0.761. The molecule has 2 aromatic heterocycles. The van der Waals surface area contributed by atoms with Crippen molar-refractivity contribution in [3.8, 4) is 0 Å². The van der Waals surface area contributed by atoms with Gasteiger partial charge >= 0.3 is 0 Å². The molecule has 0 aliphatic carbocycles. The number of hydrogen-bond acceptors (Lipinski definition) is 6. The van der Waals surface area contributed by atoms with E-state index in [1.54, 1.807) is 17.2 Å². The summed E-state index contributed by atoms with van der Waals surface area (Å²) in [6, 6.07) is 2.78. The molecule has 26 heavy (non-hydrogen) atoms. The van der Waals surface area contributed by atoms with Crippen molar-refractivity contribution in [3.63, 3.8) is 0 Å². The van der Waals surface area contributed by atoms with Gasteiger partial charge < -0.3 is 14.8 Å². The Hall–Kier alpha value is -2.30. The molecule has 1 unspecified atom stereocenters. The van der Waals surface area contributed by atoms with Gasteiger partial charge in [0, 0.05) is 58.5 Å². The molecule has 3 heterocycles. The van der Waals surface area contributed by atoms with Crippen LogP contribution >= 0.6 is 0 Å². The number of hydrogen-bond donors (Lipinski definition) is 1. The summed E-state index contributed by atoms with van der Waals surface area (Å²) in [5.41, 5.74) is 0. The van der Waals surface area contributed by atoms with E-state index in [1.807, 2.05) is 17.8 Å². The molecule has 1 atom stereocenters. The van der Waals surface area contributed by atoms with E-state index in [0.717, 1.165) is 10.1 Å². The first kappa shape index (κ1) is 18.5. The monoisotopic (exact) mass is 378 g/mol. The van der Waals surface area contributed by atoms with Crippen LogP contribution < -0.4 is 5.32 Å². The van der Waals surface area contributed by atoms with Crippen molar-refractivity contribution in [2.24, 2.45) is 7.05 Å². The van der Waals surface area contributed by atoms with Crippen molar-refractivity contribution >= 4 is 15.9 Å². The van der Waals surface area contributed by atoms with E-state index in [-0.39, 0.29) is 23.4 Å². The molecule has 3 rings (SSSR count). The molecule has 1 aliphatic heterocycles. The van der Waals surface area contributed by atoms with E-state index in [4.69, 9.17) is 0 Å². The molecule has 2 aromatic rings. The second-order valence-corrected chi connectivity index (χ2v) is 8.20. The third-order valence-electron chi connectivity index (χ3n) is 4.42. The summed E-state index contributed by atoms with van der Waals surface area (Å²) in [4.78, 5) is 22.8. The van der Waals surface area contributed by atoms with E-state index >= 15 is 0 Å². The van der Waals surface area contributed by atoms with Gasteiger partial charge in [0.05, 0.1) is 6.54 Å². The zero-order valence-corrected chi connectivity index (χ0v) is 15.6. The predicted molar refractivity (Wildman–Crippen MR) is 94.6 cm³/mol. The van der Waals surface area contributed by atoms with Gasteiger partial charge in [-0.05, 0) is 12.1 Å². The van der Waals surface area contributed by atoms with Gasteiger partial charge in [0.1, 0.15) is 16.8 Å². The molecule has 1 fully saturated rings. The Labute approximate surface area is 152 Å². The number of nitrogens with one attached hydrogen (secondary N) is 1. The Balaban J connectivity index is 1.76. The molecule has 0 aromatic carbocycles. The zero-order valence-electron chi connectivity index (χ0n) is 14.7. The van der Waals surface area contributed by atoms with Crippen molar-refractivity contribution in [1.82, 2.24) is 29.1 Å². The molecular weight excluding hydrogens is 356 g/mol. The van der Waals surface area contributed by atoms with Crippen molar-refractivity contribution in [2.45, 2.75) is 10.9 Å². The number of aryl methyl sites for hydroxylation is 1. The molecule has 0 radical (unpaired) electrons. The first-order valence-corrected chi connectivity index (χ1v) is 9.69. The van der Waals surface area contributed by atoms with E-state index in [0.29, 0.717) is 19.6 Å². The van der Waals surface area contributed by atoms with Crippen molar-refractivity contribution in [3.05, 3.63) is 42.7 Å². The number of pyridine rings is 1. The summed E-state index contributed by atoms with van der Waals surface area (Å²) in [5, 5.41) is 3.26. The summed E-state index contributed by atoms with van der Waals surface area (Å²) in [5.74, 6) is 0.512. The Kier molecular flexibility index (Phi) is 5.35. The molecule has 1 aliphatic rings. The summed E-state index contributed by atoms with van der Waals surface area (Å²) in [6.45, 7) is 1.50. The lowest BCUT2D eigenvalue weighted by atomic mass is 10.1. The first-order chi connectivity index (χ1) is 12.4. The largest absolute Gasteiger partial charge is 0.336 e. The maximum atomic E-state index is 12.8. The van der Waals surface area contributed by atoms with Gasteiger partial charge in [-0.2, -0.15) is 4.31 Å². The molecule has 0 bridgehead atoms. The average Bonchev–Trinajstić information content (AvgIpc) is 3.08. The predicted octanol–water partition coefficient (Wildman–Crippen LogP) is -0.391. The average molecular weight is 378 g/mol. The number of carbonyl (C=O) groups excluding carboxylic acids is 1. The van der Waals surface area contributed by atoms with Crippen LogP contribution in [-0.4, -0.2) is 71.3 Å². The summed E-state index contributed by atoms with van der Waals surface area (Å²) in [6.07, 6.45) is 6.29. The minimum Gasteiger partial charge on any atom is -0.336 e. The summed E-state index contributed by atoms with van der Waals surface area (Å²) >= 11 is 0. The minimum atomic E-state index is -3.77. The molecule has 0 spiro atoms. The van der Waals surface area contributed by atoms with Crippen LogP contribution in [0, 0.1) is 0 Å². The molecule has 1 N–H and O–H groups in total. The number of carbonyl (C=O) groups is 1. The number of sulfonamides is 1. The highest BCUT2D eigenvalue weighted by atomic mass is 32.2. The van der Waals surface area contributed by atoms with Gasteiger partial charge in [0.15, 0.2) is 0 Å². The second kappa shape index (κ2) is 7.52. The number of piperazine rings is 1. The highest BCUT2D eigenvalue weighted by Crippen LogP contribution is 2.21. The Morgan fingerprint density at radius 3 is 2.88 bits per heavy atom. The van der Waals surface area contributed by atoms with Gasteiger partial charge in [-0.1, -0.05) is 0 Å². The van der Waals surface area contributed by atoms with Gasteiger partial charge in [0.2, 0.25) is 15.9 Å². The summed E-state index contributed by atoms with van der Waals surface area (Å²) < 4.78 is 28.1. The van der Waals surface area contributed by atoms with E-state index in [9.17, 15) is 13.2 Å². The lowest BCUT2D eigenvalue weighted by molar-refractivity contribution is -0.134. The molecule has 9 nitrogen and oxygen atoms in total. The Morgan fingerprint density at radius 1 is 1.42 bits per heavy atom. The number of amides is 1. The molecular formula is C16H22N6O3S. The van der Waals surface area contributed by atoms with Crippen LogP contribution in [0.4, 0.5) is 0 Å².